The Morgan fingerprint density at radius 1 is 0.950 bits per heavy atom. The van der Waals surface area contributed by atoms with Gasteiger partial charge in [0.2, 0.25) is 0 Å². The number of phenols is 1. The fourth-order valence-corrected chi connectivity index (χ4v) is 2.03. The first kappa shape index (κ1) is 12.2. The third-order valence-electron chi connectivity index (χ3n) is 2.99. The van der Waals surface area contributed by atoms with Gasteiger partial charge in [-0.15, -0.1) is 0 Å². The highest BCUT2D eigenvalue weighted by Gasteiger charge is 2.06. The summed E-state index contributed by atoms with van der Waals surface area (Å²) in [6, 6.07) is 15.9. The molecule has 0 saturated carbocycles. The minimum Gasteiger partial charge on any atom is -0.507 e. The van der Waals surface area contributed by atoms with Crippen LogP contribution in [0.15, 0.2) is 63.8 Å². The molecule has 20 heavy (non-hydrogen) atoms. The maximum atomic E-state index is 12.0. The van der Waals surface area contributed by atoms with Gasteiger partial charge in [0.25, 0.3) is 0 Å². The highest BCUT2D eigenvalue weighted by atomic mass is 16.3. The lowest BCUT2D eigenvalue weighted by Gasteiger charge is -2.00. The molecule has 0 bridgehead atoms. The number of hydrogen-bond acceptors (Lipinski definition) is 3. The molecule has 2 aromatic carbocycles. The number of benzene rings is 2. The fourth-order valence-electron chi connectivity index (χ4n) is 2.03. The largest absolute Gasteiger partial charge is 0.507 e. The van der Waals surface area contributed by atoms with E-state index in [1.54, 1.807) is 18.2 Å². The first-order valence-corrected chi connectivity index (χ1v) is 6.23. The topological polar surface area (TPSA) is 50.4 Å². The van der Waals surface area contributed by atoms with E-state index in [9.17, 15) is 9.90 Å². The zero-order valence-electron chi connectivity index (χ0n) is 10.6. The predicted octanol–water partition coefficient (Wildman–Crippen LogP) is 3.67. The van der Waals surface area contributed by atoms with E-state index in [1.807, 2.05) is 36.4 Å². The zero-order chi connectivity index (χ0) is 13.9. The highest BCUT2D eigenvalue weighted by Crippen LogP contribution is 2.22. The van der Waals surface area contributed by atoms with E-state index in [2.05, 4.69) is 0 Å². The molecule has 0 saturated heterocycles. The molecule has 0 spiro atoms. The highest BCUT2D eigenvalue weighted by molar-refractivity contribution is 5.84. The van der Waals surface area contributed by atoms with Crippen molar-refractivity contribution < 1.29 is 9.52 Å². The van der Waals surface area contributed by atoms with Gasteiger partial charge in [0.05, 0.1) is 0 Å². The molecule has 0 aliphatic rings. The van der Waals surface area contributed by atoms with Gasteiger partial charge in [-0.2, -0.15) is 0 Å². The van der Waals surface area contributed by atoms with Crippen LogP contribution in [-0.4, -0.2) is 5.11 Å². The molecule has 3 heteroatoms. The molecule has 0 fully saturated rings. The van der Waals surface area contributed by atoms with Gasteiger partial charge in [0.1, 0.15) is 22.5 Å². The summed E-state index contributed by atoms with van der Waals surface area (Å²) in [4.78, 5) is 12.0. The Balaban J connectivity index is 2.06. The van der Waals surface area contributed by atoms with Crippen molar-refractivity contribution in [2.75, 3.05) is 0 Å². The molecule has 1 N–H and O–H groups in total. The summed E-state index contributed by atoms with van der Waals surface area (Å²) in [6.45, 7) is 0. The molecule has 0 aliphatic carbocycles. The second-order valence-corrected chi connectivity index (χ2v) is 4.41. The Hall–Kier alpha value is -2.81. The van der Waals surface area contributed by atoms with Crippen LogP contribution in [0.5, 0.6) is 5.75 Å². The molecule has 1 heterocycles. The van der Waals surface area contributed by atoms with Crippen molar-refractivity contribution >= 4 is 23.1 Å². The van der Waals surface area contributed by atoms with Gasteiger partial charge in [-0.05, 0) is 23.8 Å². The van der Waals surface area contributed by atoms with Crippen LogP contribution in [0.1, 0.15) is 11.3 Å². The SMILES string of the molecule is O=c1cc(/C=C/c2ccccc2)oc2cccc(O)c12. The van der Waals surface area contributed by atoms with Gasteiger partial charge < -0.3 is 9.52 Å². The minimum atomic E-state index is -0.253. The number of rotatable bonds is 2. The Morgan fingerprint density at radius 2 is 1.75 bits per heavy atom. The van der Waals surface area contributed by atoms with Crippen molar-refractivity contribution in [3.8, 4) is 5.75 Å². The molecule has 3 nitrogen and oxygen atoms in total. The molecule has 1 aromatic heterocycles. The Labute approximate surface area is 115 Å². The van der Waals surface area contributed by atoms with E-state index in [1.165, 1.54) is 12.1 Å². The van der Waals surface area contributed by atoms with Crippen LogP contribution >= 0.6 is 0 Å². The summed E-state index contributed by atoms with van der Waals surface area (Å²) in [6.07, 6.45) is 3.60. The lowest BCUT2D eigenvalue weighted by molar-refractivity contribution is 0.479. The van der Waals surface area contributed by atoms with Gasteiger partial charge >= 0.3 is 0 Å². The maximum Gasteiger partial charge on any atom is 0.197 e. The standard InChI is InChI=1S/C17H12O3/c18-14-7-4-8-16-17(14)15(19)11-13(20-16)10-9-12-5-2-1-3-6-12/h1-11,18H/b10-9+. The van der Waals surface area contributed by atoms with Crippen LogP contribution in [0, 0.1) is 0 Å². The first-order valence-electron chi connectivity index (χ1n) is 6.23. The molecular formula is C17H12O3. The maximum absolute atomic E-state index is 12.0. The van der Waals surface area contributed by atoms with Crippen molar-refractivity contribution in [2.45, 2.75) is 0 Å². The second-order valence-electron chi connectivity index (χ2n) is 4.41. The summed E-state index contributed by atoms with van der Waals surface area (Å²) < 4.78 is 5.60. The van der Waals surface area contributed by atoms with E-state index < -0.39 is 0 Å². The van der Waals surface area contributed by atoms with Crippen LogP contribution in [0.3, 0.4) is 0 Å². The van der Waals surface area contributed by atoms with E-state index in [4.69, 9.17) is 4.42 Å². The lowest BCUT2D eigenvalue weighted by atomic mass is 10.1. The van der Waals surface area contributed by atoms with Crippen molar-refractivity contribution in [3.63, 3.8) is 0 Å². The smallest absolute Gasteiger partial charge is 0.197 e. The summed E-state index contributed by atoms with van der Waals surface area (Å²) in [7, 11) is 0. The summed E-state index contributed by atoms with van der Waals surface area (Å²) in [5.41, 5.74) is 1.15. The van der Waals surface area contributed by atoms with Crippen LogP contribution in [-0.2, 0) is 0 Å². The Morgan fingerprint density at radius 3 is 2.55 bits per heavy atom. The number of fused-ring (bicyclic) bond motifs is 1. The molecule has 0 radical (unpaired) electrons. The van der Waals surface area contributed by atoms with Crippen LogP contribution in [0.2, 0.25) is 0 Å². The van der Waals surface area contributed by atoms with Crippen molar-refractivity contribution in [2.24, 2.45) is 0 Å². The quantitative estimate of drug-likeness (QED) is 0.768. The van der Waals surface area contributed by atoms with E-state index >= 15 is 0 Å². The average Bonchev–Trinajstić information content (AvgIpc) is 2.46. The van der Waals surface area contributed by atoms with E-state index in [-0.39, 0.29) is 16.6 Å². The number of hydrogen-bond donors (Lipinski definition) is 1. The number of aromatic hydroxyl groups is 1. The van der Waals surface area contributed by atoms with E-state index in [0.717, 1.165) is 5.56 Å². The third kappa shape index (κ3) is 2.34. The van der Waals surface area contributed by atoms with Crippen molar-refractivity contribution in [3.05, 3.63) is 76.1 Å². The average molecular weight is 264 g/mol. The van der Waals surface area contributed by atoms with Gasteiger partial charge in [0, 0.05) is 6.07 Å². The summed E-state index contributed by atoms with van der Waals surface area (Å²) in [5.74, 6) is 0.395. The lowest BCUT2D eigenvalue weighted by Crippen LogP contribution is -2.00. The second kappa shape index (κ2) is 5.05. The Kier molecular flexibility index (Phi) is 3.09. The number of phenolic OH excluding ortho intramolecular Hbond substituents is 1. The van der Waals surface area contributed by atoms with Crippen molar-refractivity contribution in [1.82, 2.24) is 0 Å². The predicted molar refractivity (Wildman–Crippen MR) is 79.5 cm³/mol. The van der Waals surface area contributed by atoms with Gasteiger partial charge in [0.15, 0.2) is 5.43 Å². The monoisotopic (exact) mass is 264 g/mol. The normalized spacial score (nSPS) is 11.2. The minimum absolute atomic E-state index is 0.0603. The van der Waals surface area contributed by atoms with Gasteiger partial charge in [-0.3, -0.25) is 4.79 Å². The van der Waals surface area contributed by atoms with Crippen LogP contribution in [0.25, 0.3) is 23.1 Å². The molecule has 0 amide bonds. The molecule has 0 aliphatic heterocycles. The Bertz CT molecular complexity index is 830. The first-order chi connectivity index (χ1) is 9.74. The zero-order valence-corrected chi connectivity index (χ0v) is 10.6. The third-order valence-corrected chi connectivity index (χ3v) is 2.99. The van der Waals surface area contributed by atoms with Crippen LogP contribution in [0.4, 0.5) is 0 Å². The summed E-state index contributed by atoms with van der Waals surface area (Å²) in [5, 5.41) is 9.89. The van der Waals surface area contributed by atoms with Gasteiger partial charge in [-0.25, -0.2) is 0 Å². The van der Waals surface area contributed by atoms with E-state index in [0.29, 0.717) is 11.3 Å². The molecular weight excluding hydrogens is 252 g/mol. The summed E-state index contributed by atoms with van der Waals surface area (Å²) >= 11 is 0. The molecule has 3 aromatic rings. The molecule has 98 valence electrons. The van der Waals surface area contributed by atoms with Crippen LogP contribution < -0.4 is 5.43 Å². The fraction of sp³-hybridized carbons (Fsp3) is 0. The molecule has 3 rings (SSSR count). The molecule has 0 atom stereocenters. The van der Waals surface area contributed by atoms with Gasteiger partial charge in [-0.1, -0.05) is 42.5 Å². The molecule has 0 unspecified atom stereocenters. The van der Waals surface area contributed by atoms with Crippen molar-refractivity contribution in [1.29, 1.82) is 0 Å².